The Morgan fingerprint density at radius 3 is 2.81 bits per heavy atom. The first kappa shape index (κ1) is 13.4. The van der Waals surface area contributed by atoms with Gasteiger partial charge in [0.25, 0.3) is 0 Å². The van der Waals surface area contributed by atoms with Crippen LogP contribution in [0.15, 0.2) is 39.8 Å². The van der Waals surface area contributed by atoms with Crippen LogP contribution in [0.5, 0.6) is 0 Å². The first-order chi connectivity index (χ1) is 9.95. The first-order valence-electron chi connectivity index (χ1n) is 6.52. The molecule has 3 aromatic rings. The zero-order chi connectivity index (χ0) is 15.0. The number of para-hydroxylation sites is 1. The molecule has 0 atom stereocenters. The lowest BCUT2D eigenvalue weighted by Gasteiger charge is -2.11. The van der Waals surface area contributed by atoms with E-state index in [0.717, 1.165) is 5.52 Å². The van der Waals surface area contributed by atoms with Crippen LogP contribution < -0.4 is 11.2 Å². The van der Waals surface area contributed by atoms with Crippen molar-refractivity contribution in [2.45, 2.75) is 25.9 Å². The van der Waals surface area contributed by atoms with E-state index in [-0.39, 0.29) is 12.0 Å². The molecular weight excluding hydrogens is 270 g/mol. The maximum atomic E-state index is 11.8. The minimum atomic E-state index is -0.666. The summed E-state index contributed by atoms with van der Waals surface area (Å²) in [6.07, 6.45) is 1.28. The van der Waals surface area contributed by atoms with Crippen molar-refractivity contribution < 1.29 is 4.52 Å². The van der Waals surface area contributed by atoms with Gasteiger partial charge in [0.1, 0.15) is 6.54 Å². The van der Waals surface area contributed by atoms with Gasteiger partial charge in [0.15, 0.2) is 5.82 Å². The molecule has 0 aliphatic carbocycles. The predicted octanol–water partition coefficient (Wildman–Crippen LogP) is 1.02. The van der Waals surface area contributed by atoms with Gasteiger partial charge >= 0.3 is 0 Å². The molecule has 1 aromatic carbocycles. The summed E-state index contributed by atoms with van der Waals surface area (Å²) in [4.78, 5) is 16.0. The standard InChI is InChI=1S/C14H15N5O2/c1-14(2,15)13-17-12(21-18-13)8-19-10-6-4-3-5-9(10)11(20)7-16-19/h3-7H,8,15H2,1-2H3. The highest BCUT2D eigenvalue weighted by molar-refractivity contribution is 5.77. The SMILES string of the molecule is CC(C)(N)c1noc(Cn2ncc(=O)c3ccccc32)n1. The summed E-state index contributed by atoms with van der Waals surface area (Å²) in [6, 6.07) is 7.25. The quantitative estimate of drug-likeness (QED) is 0.771. The van der Waals surface area contributed by atoms with Gasteiger partial charge < -0.3 is 10.3 Å². The number of benzene rings is 1. The molecule has 0 aliphatic heterocycles. The summed E-state index contributed by atoms with van der Waals surface area (Å²) in [5.74, 6) is 0.827. The second-order valence-corrected chi connectivity index (χ2v) is 5.42. The second kappa shape index (κ2) is 4.78. The lowest BCUT2D eigenvalue weighted by molar-refractivity contribution is 0.352. The van der Waals surface area contributed by atoms with Crippen LogP contribution in [-0.4, -0.2) is 19.9 Å². The number of hydrogen-bond donors (Lipinski definition) is 1. The largest absolute Gasteiger partial charge is 0.337 e. The van der Waals surface area contributed by atoms with Crippen molar-refractivity contribution in [1.82, 2.24) is 19.9 Å². The topological polar surface area (TPSA) is 99.8 Å². The number of nitrogens with zero attached hydrogens (tertiary/aromatic N) is 4. The van der Waals surface area contributed by atoms with Crippen LogP contribution in [0.4, 0.5) is 0 Å². The minimum Gasteiger partial charge on any atom is -0.337 e. The lowest BCUT2D eigenvalue weighted by Crippen LogP contribution is -2.30. The lowest BCUT2D eigenvalue weighted by atomic mass is 10.1. The summed E-state index contributed by atoms with van der Waals surface area (Å²) in [5, 5.41) is 8.59. The van der Waals surface area contributed by atoms with Gasteiger partial charge in [-0.05, 0) is 26.0 Å². The van der Waals surface area contributed by atoms with Crippen LogP contribution in [0.2, 0.25) is 0 Å². The molecule has 2 heterocycles. The number of nitrogens with two attached hydrogens (primary N) is 1. The smallest absolute Gasteiger partial charge is 0.248 e. The normalized spacial score (nSPS) is 12.0. The average Bonchev–Trinajstić information content (AvgIpc) is 2.91. The molecule has 2 N–H and O–H groups in total. The highest BCUT2D eigenvalue weighted by Gasteiger charge is 2.21. The molecule has 7 heteroatoms. The Morgan fingerprint density at radius 2 is 2.10 bits per heavy atom. The Morgan fingerprint density at radius 1 is 1.33 bits per heavy atom. The number of hydrogen-bond acceptors (Lipinski definition) is 6. The van der Waals surface area contributed by atoms with Crippen LogP contribution in [0.3, 0.4) is 0 Å². The van der Waals surface area contributed by atoms with Crippen LogP contribution in [0, 0.1) is 0 Å². The molecule has 2 aromatic heterocycles. The van der Waals surface area contributed by atoms with Gasteiger partial charge in [0.2, 0.25) is 11.3 Å². The first-order valence-corrected chi connectivity index (χ1v) is 6.52. The fourth-order valence-electron chi connectivity index (χ4n) is 2.00. The van der Waals surface area contributed by atoms with Crippen molar-refractivity contribution in [2.75, 3.05) is 0 Å². The van der Waals surface area contributed by atoms with E-state index in [1.165, 1.54) is 6.20 Å². The summed E-state index contributed by atoms with van der Waals surface area (Å²) in [7, 11) is 0. The molecule has 0 aliphatic rings. The fraction of sp³-hybridized carbons (Fsp3) is 0.286. The number of rotatable bonds is 3. The van der Waals surface area contributed by atoms with Gasteiger partial charge in [-0.15, -0.1) is 0 Å². The third-order valence-electron chi connectivity index (χ3n) is 3.09. The van der Waals surface area contributed by atoms with Crippen LogP contribution in [0.1, 0.15) is 25.6 Å². The molecule has 0 bridgehead atoms. The molecule has 21 heavy (non-hydrogen) atoms. The third-order valence-corrected chi connectivity index (χ3v) is 3.09. The monoisotopic (exact) mass is 285 g/mol. The molecule has 0 saturated carbocycles. The van der Waals surface area contributed by atoms with E-state index in [4.69, 9.17) is 10.3 Å². The van der Waals surface area contributed by atoms with E-state index in [2.05, 4.69) is 15.2 Å². The predicted molar refractivity (Wildman–Crippen MR) is 76.6 cm³/mol. The molecule has 108 valence electrons. The zero-order valence-electron chi connectivity index (χ0n) is 11.8. The van der Waals surface area contributed by atoms with Crippen molar-refractivity contribution in [1.29, 1.82) is 0 Å². The van der Waals surface area contributed by atoms with E-state index >= 15 is 0 Å². The molecule has 0 amide bonds. The number of aromatic nitrogens is 4. The maximum Gasteiger partial charge on any atom is 0.248 e. The Bertz CT molecular complexity index is 844. The Labute approximate surface area is 120 Å². The molecule has 0 saturated heterocycles. The van der Waals surface area contributed by atoms with Gasteiger partial charge in [-0.1, -0.05) is 17.3 Å². The second-order valence-electron chi connectivity index (χ2n) is 5.42. The minimum absolute atomic E-state index is 0.115. The van der Waals surface area contributed by atoms with E-state index in [0.29, 0.717) is 17.1 Å². The van der Waals surface area contributed by atoms with E-state index in [9.17, 15) is 4.79 Å². The van der Waals surface area contributed by atoms with Crippen molar-refractivity contribution in [3.63, 3.8) is 0 Å². The Balaban J connectivity index is 2.01. The van der Waals surface area contributed by atoms with Crippen molar-refractivity contribution >= 4 is 10.9 Å². The van der Waals surface area contributed by atoms with Crippen molar-refractivity contribution in [2.24, 2.45) is 5.73 Å². The highest BCUT2D eigenvalue weighted by Crippen LogP contribution is 2.14. The van der Waals surface area contributed by atoms with Gasteiger partial charge in [0, 0.05) is 5.39 Å². The molecule has 3 rings (SSSR count). The molecule has 0 unspecified atom stereocenters. The molecule has 7 nitrogen and oxygen atoms in total. The maximum absolute atomic E-state index is 11.8. The van der Waals surface area contributed by atoms with Crippen LogP contribution >= 0.6 is 0 Å². The van der Waals surface area contributed by atoms with Crippen LogP contribution in [-0.2, 0) is 12.1 Å². The third kappa shape index (κ3) is 2.55. The summed E-state index contributed by atoms with van der Waals surface area (Å²) < 4.78 is 6.84. The van der Waals surface area contributed by atoms with E-state index in [1.807, 2.05) is 18.2 Å². The van der Waals surface area contributed by atoms with E-state index in [1.54, 1.807) is 24.6 Å². The molecule has 0 fully saturated rings. The Hall–Kier alpha value is -2.54. The summed E-state index contributed by atoms with van der Waals surface area (Å²) in [6.45, 7) is 3.88. The molecule has 0 spiro atoms. The van der Waals surface area contributed by atoms with Gasteiger partial charge in [-0.3, -0.25) is 9.48 Å². The Kier molecular flexibility index (Phi) is 3.06. The summed E-state index contributed by atoms with van der Waals surface area (Å²) in [5.41, 5.74) is 5.86. The average molecular weight is 285 g/mol. The van der Waals surface area contributed by atoms with Gasteiger partial charge in [-0.2, -0.15) is 10.1 Å². The highest BCUT2D eigenvalue weighted by atomic mass is 16.5. The summed E-state index contributed by atoms with van der Waals surface area (Å²) >= 11 is 0. The molecular formula is C14H15N5O2. The van der Waals surface area contributed by atoms with Crippen molar-refractivity contribution in [3.05, 3.63) is 52.4 Å². The van der Waals surface area contributed by atoms with Crippen LogP contribution in [0.25, 0.3) is 10.9 Å². The fourth-order valence-corrected chi connectivity index (χ4v) is 2.00. The van der Waals surface area contributed by atoms with Gasteiger partial charge in [0.05, 0.1) is 17.3 Å². The molecule has 0 radical (unpaired) electrons. The van der Waals surface area contributed by atoms with E-state index < -0.39 is 5.54 Å². The zero-order valence-corrected chi connectivity index (χ0v) is 11.8. The number of fused-ring (bicyclic) bond motifs is 1. The van der Waals surface area contributed by atoms with Crippen molar-refractivity contribution in [3.8, 4) is 0 Å². The van der Waals surface area contributed by atoms with Gasteiger partial charge in [-0.25, -0.2) is 0 Å².